The number of nitrogens with zero attached hydrogens (tertiary/aromatic N) is 1. The summed E-state index contributed by atoms with van der Waals surface area (Å²) < 4.78 is 0. The van der Waals surface area contributed by atoms with Crippen molar-refractivity contribution in [3.63, 3.8) is 0 Å². The molecule has 1 saturated carbocycles. The topological polar surface area (TPSA) is 49.7 Å². The van der Waals surface area contributed by atoms with E-state index in [0.717, 1.165) is 12.8 Å². The van der Waals surface area contributed by atoms with Gasteiger partial charge < -0.3 is 5.11 Å². The molecule has 0 aromatic heterocycles. The van der Waals surface area contributed by atoms with Crippen LogP contribution in [-0.4, -0.2) is 23.8 Å². The van der Waals surface area contributed by atoms with Gasteiger partial charge in [-0.05, 0) is 26.0 Å². The molecule has 1 fully saturated rings. The van der Waals surface area contributed by atoms with Crippen LogP contribution in [0.15, 0.2) is 4.99 Å². The quantitative estimate of drug-likeness (QED) is 0.582. The third kappa shape index (κ3) is 1.35. The van der Waals surface area contributed by atoms with Crippen LogP contribution in [0, 0.1) is 5.92 Å². The minimum Gasteiger partial charge on any atom is -0.481 e. The van der Waals surface area contributed by atoms with E-state index >= 15 is 0 Å². The Balaban J connectivity index is 2.42. The molecule has 0 aromatic rings. The summed E-state index contributed by atoms with van der Waals surface area (Å²) in [6.45, 7) is 3.39. The molecule has 0 aromatic carbocycles. The fourth-order valence-corrected chi connectivity index (χ4v) is 1.35. The molecule has 0 heterocycles. The molecule has 1 aliphatic carbocycles. The van der Waals surface area contributed by atoms with Crippen LogP contribution in [0.4, 0.5) is 0 Å². The Morgan fingerprint density at radius 1 is 1.60 bits per heavy atom. The van der Waals surface area contributed by atoms with Gasteiger partial charge in [0, 0.05) is 0 Å². The third-order valence-corrected chi connectivity index (χ3v) is 2.01. The van der Waals surface area contributed by atoms with E-state index in [4.69, 9.17) is 5.11 Å². The van der Waals surface area contributed by atoms with Crippen LogP contribution in [0.1, 0.15) is 19.3 Å². The van der Waals surface area contributed by atoms with Gasteiger partial charge in [0.2, 0.25) is 0 Å². The SMILES string of the molecule is C=NC1CCC(C(=O)O)C1. The largest absolute Gasteiger partial charge is 0.481 e. The molecule has 2 unspecified atom stereocenters. The molecule has 0 aliphatic heterocycles. The highest BCUT2D eigenvalue weighted by Crippen LogP contribution is 2.27. The fraction of sp³-hybridized carbons (Fsp3) is 0.714. The lowest BCUT2D eigenvalue weighted by Crippen LogP contribution is -2.10. The molecule has 0 radical (unpaired) electrons. The molecular weight excluding hydrogens is 130 g/mol. The molecule has 0 saturated heterocycles. The van der Waals surface area contributed by atoms with Crippen LogP contribution in [0.3, 0.4) is 0 Å². The third-order valence-electron chi connectivity index (χ3n) is 2.01. The van der Waals surface area contributed by atoms with Gasteiger partial charge in [-0.1, -0.05) is 0 Å². The number of hydrogen-bond acceptors (Lipinski definition) is 2. The summed E-state index contributed by atoms with van der Waals surface area (Å²) in [6, 6.07) is 0.195. The Hall–Kier alpha value is -0.860. The highest BCUT2D eigenvalue weighted by Gasteiger charge is 2.28. The smallest absolute Gasteiger partial charge is 0.306 e. The Bertz CT molecular complexity index is 156. The van der Waals surface area contributed by atoms with Crippen molar-refractivity contribution in [3.05, 3.63) is 0 Å². The molecule has 0 amide bonds. The first kappa shape index (κ1) is 7.25. The highest BCUT2D eigenvalue weighted by atomic mass is 16.4. The maximum atomic E-state index is 10.4. The van der Waals surface area contributed by atoms with E-state index < -0.39 is 5.97 Å². The van der Waals surface area contributed by atoms with E-state index in [1.165, 1.54) is 0 Å². The van der Waals surface area contributed by atoms with Gasteiger partial charge in [-0.25, -0.2) is 0 Å². The predicted molar refractivity (Wildman–Crippen MR) is 38.3 cm³/mol. The normalized spacial score (nSPS) is 32.0. The van der Waals surface area contributed by atoms with Crippen molar-refractivity contribution < 1.29 is 9.90 Å². The lowest BCUT2D eigenvalue weighted by Gasteiger charge is -2.00. The first-order valence-corrected chi connectivity index (χ1v) is 3.42. The van der Waals surface area contributed by atoms with Crippen LogP contribution in [0.2, 0.25) is 0 Å². The Kier molecular flexibility index (Phi) is 2.04. The van der Waals surface area contributed by atoms with Gasteiger partial charge >= 0.3 is 5.97 Å². The number of carbonyl (C=O) groups is 1. The maximum Gasteiger partial charge on any atom is 0.306 e. The average molecular weight is 141 g/mol. The number of aliphatic carboxylic acids is 1. The van der Waals surface area contributed by atoms with E-state index in [1.807, 2.05) is 0 Å². The number of rotatable bonds is 2. The van der Waals surface area contributed by atoms with Crippen molar-refractivity contribution in [2.45, 2.75) is 25.3 Å². The Morgan fingerprint density at radius 2 is 2.30 bits per heavy atom. The van der Waals surface area contributed by atoms with E-state index in [0.29, 0.717) is 6.42 Å². The number of carboxylic acid groups (broad SMARTS) is 1. The standard InChI is InChI=1S/C7H11NO2/c1-8-6-3-2-5(4-6)7(9)10/h5-6H,1-4H2,(H,9,10). The molecular formula is C7H11NO2. The van der Waals surface area contributed by atoms with Crippen LogP contribution in [0.25, 0.3) is 0 Å². The van der Waals surface area contributed by atoms with Gasteiger partial charge in [-0.3, -0.25) is 9.79 Å². The van der Waals surface area contributed by atoms with Crippen LogP contribution < -0.4 is 0 Å². The van der Waals surface area contributed by atoms with Crippen molar-refractivity contribution >= 4 is 12.7 Å². The summed E-state index contributed by atoms with van der Waals surface area (Å²) in [7, 11) is 0. The summed E-state index contributed by atoms with van der Waals surface area (Å²) in [5, 5.41) is 8.56. The highest BCUT2D eigenvalue weighted by molar-refractivity contribution is 5.70. The Labute approximate surface area is 59.8 Å². The average Bonchev–Trinajstić information content (AvgIpc) is 2.34. The molecule has 2 atom stereocenters. The molecule has 3 heteroatoms. The van der Waals surface area contributed by atoms with Gasteiger partial charge in [0.1, 0.15) is 0 Å². The molecule has 0 spiro atoms. The van der Waals surface area contributed by atoms with Crippen molar-refractivity contribution in [1.82, 2.24) is 0 Å². The summed E-state index contributed by atoms with van der Waals surface area (Å²) in [6.07, 6.45) is 2.33. The second kappa shape index (κ2) is 2.82. The lowest BCUT2D eigenvalue weighted by atomic mass is 10.1. The summed E-state index contributed by atoms with van der Waals surface area (Å²) in [4.78, 5) is 14.2. The minimum absolute atomic E-state index is 0.171. The van der Waals surface area contributed by atoms with E-state index in [-0.39, 0.29) is 12.0 Å². The molecule has 1 rings (SSSR count). The fourth-order valence-electron chi connectivity index (χ4n) is 1.35. The number of aliphatic imine (C=N–C) groups is 1. The second-order valence-electron chi connectivity index (χ2n) is 2.68. The Morgan fingerprint density at radius 3 is 2.60 bits per heavy atom. The van der Waals surface area contributed by atoms with Crippen LogP contribution in [0.5, 0.6) is 0 Å². The zero-order chi connectivity index (χ0) is 7.56. The zero-order valence-corrected chi connectivity index (χ0v) is 5.79. The van der Waals surface area contributed by atoms with Gasteiger partial charge in [0.05, 0.1) is 12.0 Å². The monoisotopic (exact) mass is 141 g/mol. The summed E-state index contributed by atoms with van der Waals surface area (Å²) in [5.41, 5.74) is 0. The van der Waals surface area contributed by atoms with Crippen molar-refractivity contribution in [2.24, 2.45) is 10.9 Å². The van der Waals surface area contributed by atoms with Gasteiger partial charge in [-0.15, -0.1) is 0 Å². The van der Waals surface area contributed by atoms with Gasteiger partial charge in [0.15, 0.2) is 0 Å². The molecule has 1 aliphatic rings. The van der Waals surface area contributed by atoms with Crippen molar-refractivity contribution in [3.8, 4) is 0 Å². The maximum absolute atomic E-state index is 10.4. The van der Waals surface area contributed by atoms with E-state index in [1.54, 1.807) is 0 Å². The van der Waals surface area contributed by atoms with Crippen molar-refractivity contribution in [2.75, 3.05) is 0 Å². The lowest BCUT2D eigenvalue weighted by molar-refractivity contribution is -0.141. The number of hydrogen-bond donors (Lipinski definition) is 1. The van der Waals surface area contributed by atoms with Gasteiger partial charge in [-0.2, -0.15) is 0 Å². The van der Waals surface area contributed by atoms with Crippen LogP contribution in [-0.2, 0) is 4.79 Å². The summed E-state index contributed by atoms with van der Waals surface area (Å²) in [5.74, 6) is -0.860. The second-order valence-corrected chi connectivity index (χ2v) is 2.68. The zero-order valence-electron chi connectivity index (χ0n) is 5.79. The molecule has 0 bridgehead atoms. The molecule has 1 N–H and O–H groups in total. The molecule has 56 valence electrons. The van der Waals surface area contributed by atoms with Crippen LogP contribution >= 0.6 is 0 Å². The summed E-state index contributed by atoms with van der Waals surface area (Å²) >= 11 is 0. The molecule has 10 heavy (non-hydrogen) atoms. The first-order chi connectivity index (χ1) is 4.74. The van der Waals surface area contributed by atoms with E-state index in [9.17, 15) is 4.79 Å². The number of carboxylic acids is 1. The van der Waals surface area contributed by atoms with Gasteiger partial charge in [0.25, 0.3) is 0 Å². The minimum atomic E-state index is -0.689. The van der Waals surface area contributed by atoms with Crippen molar-refractivity contribution in [1.29, 1.82) is 0 Å². The molecule has 3 nitrogen and oxygen atoms in total. The van der Waals surface area contributed by atoms with E-state index in [2.05, 4.69) is 11.7 Å². The predicted octanol–water partition coefficient (Wildman–Crippen LogP) is 0.940. The first-order valence-electron chi connectivity index (χ1n) is 3.42.